The maximum absolute atomic E-state index is 13.6. The summed E-state index contributed by atoms with van der Waals surface area (Å²) in [4.78, 5) is 4.41. The fraction of sp³-hybridized carbons (Fsp3) is 0.167. The summed E-state index contributed by atoms with van der Waals surface area (Å²) in [6, 6.07) is 13.3. The molecule has 0 amide bonds. The molecule has 3 aromatic rings. The first-order valence-electron chi connectivity index (χ1n) is 7.28. The van der Waals surface area contributed by atoms with E-state index >= 15 is 0 Å². The predicted octanol–water partition coefficient (Wildman–Crippen LogP) is 4.89. The molecule has 0 fully saturated rings. The lowest BCUT2D eigenvalue weighted by Gasteiger charge is -2.30. The molecular formula is C18H14BrFN2. The van der Waals surface area contributed by atoms with Gasteiger partial charge in [0.25, 0.3) is 0 Å². The molecule has 1 aromatic heterocycles. The molecule has 0 bridgehead atoms. The lowest BCUT2D eigenvalue weighted by molar-refractivity contribution is 0.629. The average molecular weight is 357 g/mol. The number of fused-ring (bicyclic) bond motifs is 2. The Morgan fingerprint density at radius 1 is 1.18 bits per heavy atom. The number of pyridine rings is 1. The molecule has 1 aliphatic carbocycles. The third-order valence-corrected chi connectivity index (χ3v) is 4.91. The second-order valence-corrected chi connectivity index (χ2v) is 6.48. The van der Waals surface area contributed by atoms with Crippen LogP contribution >= 0.6 is 15.9 Å². The van der Waals surface area contributed by atoms with Crippen molar-refractivity contribution in [3.63, 3.8) is 0 Å². The molecule has 4 rings (SSSR count). The summed E-state index contributed by atoms with van der Waals surface area (Å²) in [6.45, 7) is 0.817. The molecule has 0 radical (unpaired) electrons. The van der Waals surface area contributed by atoms with Crippen molar-refractivity contribution < 1.29 is 4.39 Å². The van der Waals surface area contributed by atoms with Gasteiger partial charge in [-0.3, -0.25) is 0 Å². The first-order valence-corrected chi connectivity index (χ1v) is 8.07. The number of hydrogen-bond donors (Lipinski definition) is 1. The van der Waals surface area contributed by atoms with E-state index < -0.39 is 0 Å². The van der Waals surface area contributed by atoms with E-state index in [1.165, 1.54) is 23.3 Å². The normalized spacial score (nSPS) is 16.2. The fourth-order valence-electron chi connectivity index (χ4n) is 3.09. The van der Waals surface area contributed by atoms with Gasteiger partial charge in [0.2, 0.25) is 0 Å². The van der Waals surface area contributed by atoms with Crippen LogP contribution in [-0.2, 0) is 6.42 Å². The topological polar surface area (TPSA) is 24.9 Å². The van der Waals surface area contributed by atoms with Gasteiger partial charge >= 0.3 is 0 Å². The first-order chi connectivity index (χ1) is 10.7. The van der Waals surface area contributed by atoms with Crippen LogP contribution in [0.1, 0.15) is 17.0 Å². The molecule has 110 valence electrons. The zero-order chi connectivity index (χ0) is 15.1. The number of halogens is 2. The summed E-state index contributed by atoms with van der Waals surface area (Å²) in [6.07, 6.45) is 2.85. The number of nitrogens with one attached hydrogen (secondary N) is 1. The summed E-state index contributed by atoms with van der Waals surface area (Å²) >= 11 is 3.47. The Bertz CT molecular complexity index is 863. The van der Waals surface area contributed by atoms with Gasteiger partial charge in [0.05, 0.1) is 0 Å². The van der Waals surface area contributed by atoms with Gasteiger partial charge in [-0.25, -0.2) is 9.37 Å². The van der Waals surface area contributed by atoms with E-state index in [1.807, 2.05) is 0 Å². The smallest absolute Gasteiger partial charge is 0.134 e. The number of anilines is 1. The van der Waals surface area contributed by atoms with Crippen LogP contribution in [0.5, 0.6) is 0 Å². The van der Waals surface area contributed by atoms with Gasteiger partial charge in [0, 0.05) is 33.9 Å². The van der Waals surface area contributed by atoms with Crippen LogP contribution < -0.4 is 5.32 Å². The minimum Gasteiger partial charge on any atom is -0.369 e. The van der Waals surface area contributed by atoms with E-state index in [0.29, 0.717) is 5.92 Å². The van der Waals surface area contributed by atoms with Gasteiger partial charge in [-0.2, -0.15) is 0 Å². The molecule has 22 heavy (non-hydrogen) atoms. The van der Waals surface area contributed by atoms with Crippen molar-refractivity contribution in [2.45, 2.75) is 12.3 Å². The fourth-order valence-corrected chi connectivity index (χ4v) is 3.53. The van der Waals surface area contributed by atoms with E-state index in [1.54, 1.807) is 12.3 Å². The molecule has 0 spiro atoms. The Balaban J connectivity index is 1.60. The summed E-state index contributed by atoms with van der Waals surface area (Å²) in [5.74, 6) is 0.997. The monoisotopic (exact) mass is 356 g/mol. The Hall–Kier alpha value is -1.94. The highest BCUT2D eigenvalue weighted by atomic mass is 79.9. The standard InChI is InChI=1S/C18H14BrFN2/c19-17-10-22-18(16-8-13(20)5-6-15(16)17)21-9-12-7-11-3-1-2-4-14(11)12/h1-6,8,10,12H,7,9H2,(H,21,22). The Labute approximate surface area is 136 Å². The Kier molecular flexibility index (Phi) is 3.34. The molecule has 1 unspecified atom stereocenters. The van der Waals surface area contributed by atoms with Crippen molar-refractivity contribution in [3.05, 3.63) is 70.1 Å². The van der Waals surface area contributed by atoms with Crippen LogP contribution in [0.25, 0.3) is 10.8 Å². The van der Waals surface area contributed by atoms with Crippen molar-refractivity contribution in [1.82, 2.24) is 4.98 Å². The van der Waals surface area contributed by atoms with Crippen molar-refractivity contribution in [1.29, 1.82) is 0 Å². The van der Waals surface area contributed by atoms with E-state index in [0.717, 1.165) is 34.0 Å². The maximum atomic E-state index is 13.6. The van der Waals surface area contributed by atoms with Crippen LogP contribution in [0.15, 0.2) is 53.1 Å². The number of hydrogen-bond acceptors (Lipinski definition) is 2. The van der Waals surface area contributed by atoms with E-state index in [2.05, 4.69) is 50.5 Å². The largest absolute Gasteiger partial charge is 0.369 e. The number of rotatable bonds is 3. The van der Waals surface area contributed by atoms with Crippen LogP contribution in [0.2, 0.25) is 0 Å². The van der Waals surface area contributed by atoms with Gasteiger partial charge in [-0.1, -0.05) is 30.3 Å². The molecule has 2 nitrogen and oxygen atoms in total. The zero-order valence-electron chi connectivity index (χ0n) is 11.8. The molecule has 1 atom stereocenters. The van der Waals surface area contributed by atoms with E-state index in [-0.39, 0.29) is 5.82 Å². The number of aromatic nitrogens is 1. The van der Waals surface area contributed by atoms with Crippen molar-refractivity contribution in [2.24, 2.45) is 0 Å². The van der Waals surface area contributed by atoms with Crippen LogP contribution in [0.3, 0.4) is 0 Å². The molecule has 0 saturated heterocycles. The molecule has 0 aliphatic heterocycles. The summed E-state index contributed by atoms with van der Waals surface area (Å²) in [7, 11) is 0. The van der Waals surface area contributed by atoms with Crippen molar-refractivity contribution in [3.8, 4) is 0 Å². The lowest BCUT2D eigenvalue weighted by atomic mass is 9.77. The zero-order valence-corrected chi connectivity index (χ0v) is 13.4. The highest BCUT2D eigenvalue weighted by Gasteiger charge is 2.25. The third kappa shape index (κ3) is 2.28. The average Bonchev–Trinajstić information content (AvgIpc) is 2.50. The van der Waals surface area contributed by atoms with Crippen LogP contribution in [-0.4, -0.2) is 11.5 Å². The van der Waals surface area contributed by atoms with Crippen molar-refractivity contribution >= 4 is 32.5 Å². The quantitative estimate of drug-likeness (QED) is 0.722. The second kappa shape index (κ2) is 5.36. The summed E-state index contributed by atoms with van der Waals surface area (Å²) in [5, 5.41) is 5.16. The molecule has 2 aromatic carbocycles. The molecule has 4 heteroatoms. The Morgan fingerprint density at radius 2 is 2.05 bits per heavy atom. The summed E-state index contributed by atoms with van der Waals surface area (Å²) < 4.78 is 14.4. The Morgan fingerprint density at radius 3 is 2.91 bits per heavy atom. The maximum Gasteiger partial charge on any atom is 0.134 e. The molecule has 1 aliphatic rings. The molecule has 1 heterocycles. The highest BCUT2D eigenvalue weighted by molar-refractivity contribution is 9.10. The SMILES string of the molecule is Fc1ccc2c(Br)cnc(NCC3Cc4ccccc43)c2c1. The molecule has 0 saturated carbocycles. The lowest BCUT2D eigenvalue weighted by Crippen LogP contribution is -2.24. The van der Waals surface area contributed by atoms with Gasteiger partial charge in [0.1, 0.15) is 11.6 Å². The number of nitrogens with zero attached hydrogens (tertiary/aromatic N) is 1. The van der Waals surface area contributed by atoms with Crippen LogP contribution in [0.4, 0.5) is 10.2 Å². The molecule has 1 N–H and O–H groups in total. The highest BCUT2D eigenvalue weighted by Crippen LogP contribution is 2.35. The van der Waals surface area contributed by atoms with E-state index in [9.17, 15) is 4.39 Å². The van der Waals surface area contributed by atoms with Crippen LogP contribution in [0, 0.1) is 5.82 Å². The first kappa shape index (κ1) is 13.7. The van der Waals surface area contributed by atoms with Gasteiger partial charge in [-0.05, 0) is 45.6 Å². The minimum atomic E-state index is -0.246. The van der Waals surface area contributed by atoms with Gasteiger partial charge < -0.3 is 5.32 Å². The van der Waals surface area contributed by atoms with Gasteiger partial charge in [0.15, 0.2) is 0 Å². The predicted molar refractivity (Wildman–Crippen MR) is 90.8 cm³/mol. The number of benzene rings is 2. The van der Waals surface area contributed by atoms with Crippen molar-refractivity contribution in [2.75, 3.05) is 11.9 Å². The second-order valence-electron chi connectivity index (χ2n) is 5.63. The third-order valence-electron chi connectivity index (χ3n) is 4.28. The van der Waals surface area contributed by atoms with E-state index in [4.69, 9.17) is 0 Å². The minimum absolute atomic E-state index is 0.246. The summed E-state index contributed by atoms with van der Waals surface area (Å²) in [5.41, 5.74) is 2.83. The molecular weight excluding hydrogens is 343 g/mol. The van der Waals surface area contributed by atoms with Gasteiger partial charge in [-0.15, -0.1) is 0 Å².